The molecule has 0 radical (unpaired) electrons. The van der Waals surface area contributed by atoms with E-state index >= 15 is 0 Å². The highest BCUT2D eigenvalue weighted by Crippen LogP contribution is 2.37. The molecule has 2 saturated heterocycles. The average Bonchev–Trinajstić information content (AvgIpc) is 3.30. The highest BCUT2D eigenvalue weighted by atomic mass is 35.5. The van der Waals surface area contributed by atoms with Crippen molar-refractivity contribution in [3.05, 3.63) is 0 Å². The molecular formula is C18H35Cl2N3O3. The number of carbonyl (C=O) groups is 1. The van der Waals surface area contributed by atoms with E-state index in [1.54, 1.807) is 0 Å². The van der Waals surface area contributed by atoms with Crippen molar-refractivity contribution >= 4 is 30.7 Å². The average molecular weight is 412 g/mol. The number of amides is 1. The van der Waals surface area contributed by atoms with Crippen LogP contribution in [0, 0.1) is 0 Å². The normalized spacial score (nSPS) is 29.0. The van der Waals surface area contributed by atoms with E-state index in [1.807, 2.05) is 7.11 Å². The molecule has 0 aromatic carbocycles. The fraction of sp³-hybridized carbons (Fsp3) is 0.944. The highest BCUT2D eigenvalue weighted by molar-refractivity contribution is 5.85. The monoisotopic (exact) mass is 411 g/mol. The summed E-state index contributed by atoms with van der Waals surface area (Å²) in [5, 5.41) is 3.20. The van der Waals surface area contributed by atoms with Gasteiger partial charge in [-0.05, 0) is 38.5 Å². The van der Waals surface area contributed by atoms with Gasteiger partial charge in [0, 0.05) is 38.8 Å². The summed E-state index contributed by atoms with van der Waals surface area (Å²) in [6.07, 6.45) is 8.89. The predicted octanol–water partition coefficient (Wildman–Crippen LogP) is 1.88. The van der Waals surface area contributed by atoms with Crippen LogP contribution in [0.15, 0.2) is 0 Å². The molecule has 26 heavy (non-hydrogen) atoms. The van der Waals surface area contributed by atoms with E-state index in [2.05, 4.69) is 10.2 Å². The molecule has 8 heteroatoms. The molecule has 0 unspecified atom stereocenters. The zero-order chi connectivity index (χ0) is 17.0. The molecule has 1 aliphatic carbocycles. The third kappa shape index (κ3) is 5.46. The fourth-order valence-corrected chi connectivity index (χ4v) is 4.64. The minimum Gasteiger partial charge on any atom is -0.381 e. The number of hydrogen-bond donors (Lipinski definition) is 2. The Kier molecular flexibility index (Phi) is 10.1. The number of carbonyl (C=O) groups excluding carboxylic acids is 1. The van der Waals surface area contributed by atoms with Crippen molar-refractivity contribution in [3.8, 4) is 0 Å². The van der Waals surface area contributed by atoms with E-state index in [0.717, 1.165) is 45.3 Å². The van der Waals surface area contributed by atoms with Gasteiger partial charge >= 0.3 is 0 Å². The summed E-state index contributed by atoms with van der Waals surface area (Å²) in [6.45, 7) is 3.39. The Bertz CT molecular complexity index is 428. The van der Waals surface area contributed by atoms with Gasteiger partial charge in [-0.3, -0.25) is 9.69 Å². The lowest BCUT2D eigenvalue weighted by molar-refractivity contribution is -0.132. The van der Waals surface area contributed by atoms with E-state index in [-0.39, 0.29) is 48.5 Å². The molecular weight excluding hydrogens is 377 g/mol. The van der Waals surface area contributed by atoms with Crippen molar-refractivity contribution in [2.75, 3.05) is 33.3 Å². The van der Waals surface area contributed by atoms with E-state index in [0.29, 0.717) is 12.6 Å². The van der Waals surface area contributed by atoms with Gasteiger partial charge in [-0.1, -0.05) is 12.8 Å². The third-order valence-electron chi connectivity index (χ3n) is 6.23. The predicted molar refractivity (Wildman–Crippen MR) is 107 cm³/mol. The topological polar surface area (TPSA) is 76.8 Å². The standard InChI is InChI=1S/C18H33N3O3.2ClH/c1-23-14-6-10-21(11-7-14)18(8-2-3-9-18)13-20-17(22)16-5-4-15(12-19)24-16;;/h14-16H,2-13,19H2,1H3,(H,20,22);2*1H/t15-,16+;;/m1../s1. The highest BCUT2D eigenvalue weighted by Gasteiger charge is 2.42. The molecule has 1 amide bonds. The Labute approximate surface area is 169 Å². The van der Waals surface area contributed by atoms with Crippen LogP contribution < -0.4 is 11.1 Å². The van der Waals surface area contributed by atoms with Crippen molar-refractivity contribution in [1.82, 2.24) is 10.2 Å². The number of nitrogens with two attached hydrogens (primary N) is 1. The molecule has 0 aromatic rings. The molecule has 0 bridgehead atoms. The zero-order valence-electron chi connectivity index (χ0n) is 15.8. The Hall–Kier alpha value is -0.110. The number of likely N-dealkylation sites (tertiary alicyclic amines) is 1. The summed E-state index contributed by atoms with van der Waals surface area (Å²) < 4.78 is 11.2. The second-order valence-electron chi connectivity index (χ2n) is 7.63. The summed E-state index contributed by atoms with van der Waals surface area (Å²) >= 11 is 0. The zero-order valence-corrected chi connectivity index (χ0v) is 17.4. The lowest BCUT2D eigenvalue weighted by atomic mass is 9.91. The van der Waals surface area contributed by atoms with Gasteiger partial charge in [0.1, 0.15) is 6.10 Å². The fourth-order valence-electron chi connectivity index (χ4n) is 4.64. The van der Waals surface area contributed by atoms with Crippen LogP contribution in [0.3, 0.4) is 0 Å². The van der Waals surface area contributed by atoms with Crippen molar-refractivity contribution < 1.29 is 14.3 Å². The maximum Gasteiger partial charge on any atom is 0.249 e. The molecule has 3 rings (SSSR count). The third-order valence-corrected chi connectivity index (χ3v) is 6.23. The van der Waals surface area contributed by atoms with Crippen LogP contribution in [0.5, 0.6) is 0 Å². The first kappa shape index (κ1) is 23.9. The van der Waals surface area contributed by atoms with Gasteiger partial charge in [0.05, 0.1) is 12.2 Å². The number of piperidine rings is 1. The number of halogens is 2. The molecule has 2 heterocycles. The molecule has 1 saturated carbocycles. The number of rotatable bonds is 6. The number of nitrogens with zero attached hydrogens (tertiary/aromatic N) is 1. The van der Waals surface area contributed by atoms with E-state index in [9.17, 15) is 4.79 Å². The second kappa shape index (κ2) is 11.0. The first-order valence-electron chi connectivity index (χ1n) is 9.58. The van der Waals surface area contributed by atoms with Crippen molar-refractivity contribution in [2.24, 2.45) is 5.73 Å². The van der Waals surface area contributed by atoms with Gasteiger partial charge in [0.15, 0.2) is 0 Å². The Morgan fingerprint density at radius 1 is 1.19 bits per heavy atom. The summed E-state index contributed by atoms with van der Waals surface area (Å²) in [5.41, 5.74) is 5.78. The Balaban J connectivity index is 0.00000169. The Morgan fingerprint density at radius 3 is 2.38 bits per heavy atom. The van der Waals surface area contributed by atoms with Crippen LogP contribution in [0.4, 0.5) is 0 Å². The quantitative estimate of drug-likeness (QED) is 0.697. The van der Waals surface area contributed by atoms with Crippen LogP contribution in [0.2, 0.25) is 0 Å². The van der Waals surface area contributed by atoms with Crippen LogP contribution >= 0.6 is 24.8 Å². The first-order valence-corrected chi connectivity index (χ1v) is 9.58. The summed E-state index contributed by atoms with van der Waals surface area (Å²) in [7, 11) is 1.81. The summed E-state index contributed by atoms with van der Waals surface area (Å²) in [5.74, 6) is 0.0454. The minimum atomic E-state index is -0.309. The maximum atomic E-state index is 12.5. The lowest BCUT2D eigenvalue weighted by Gasteiger charge is -2.45. The van der Waals surface area contributed by atoms with E-state index in [1.165, 1.54) is 25.7 Å². The van der Waals surface area contributed by atoms with Crippen LogP contribution in [-0.4, -0.2) is 67.9 Å². The lowest BCUT2D eigenvalue weighted by Crippen LogP contribution is -2.57. The van der Waals surface area contributed by atoms with Gasteiger partial charge in [-0.15, -0.1) is 24.8 Å². The largest absolute Gasteiger partial charge is 0.381 e. The SMILES string of the molecule is COC1CCN(C2(CNC(=O)[C@@H]3CC[C@H](CN)O3)CCCC2)CC1.Cl.Cl. The van der Waals surface area contributed by atoms with Gasteiger partial charge in [0.2, 0.25) is 5.91 Å². The number of ether oxygens (including phenoxy) is 2. The Morgan fingerprint density at radius 2 is 1.85 bits per heavy atom. The van der Waals surface area contributed by atoms with Gasteiger partial charge in [-0.2, -0.15) is 0 Å². The van der Waals surface area contributed by atoms with E-state index < -0.39 is 0 Å². The molecule has 6 nitrogen and oxygen atoms in total. The van der Waals surface area contributed by atoms with Crippen molar-refractivity contribution in [2.45, 2.75) is 75.2 Å². The number of nitrogens with one attached hydrogen (secondary N) is 1. The smallest absolute Gasteiger partial charge is 0.249 e. The number of hydrogen-bond acceptors (Lipinski definition) is 5. The van der Waals surface area contributed by atoms with Gasteiger partial charge < -0.3 is 20.5 Å². The molecule has 2 aliphatic heterocycles. The molecule has 0 aromatic heterocycles. The van der Waals surface area contributed by atoms with Gasteiger partial charge in [0.25, 0.3) is 0 Å². The molecule has 0 spiro atoms. The molecule has 3 fully saturated rings. The molecule has 3 N–H and O–H groups in total. The van der Waals surface area contributed by atoms with Crippen LogP contribution in [0.25, 0.3) is 0 Å². The van der Waals surface area contributed by atoms with Gasteiger partial charge in [-0.25, -0.2) is 0 Å². The minimum absolute atomic E-state index is 0. The summed E-state index contributed by atoms with van der Waals surface area (Å²) in [4.78, 5) is 15.1. The van der Waals surface area contributed by atoms with Crippen molar-refractivity contribution in [1.29, 1.82) is 0 Å². The molecule has 3 aliphatic rings. The summed E-state index contributed by atoms with van der Waals surface area (Å²) in [6, 6.07) is 0. The van der Waals surface area contributed by atoms with Crippen molar-refractivity contribution in [3.63, 3.8) is 0 Å². The maximum absolute atomic E-state index is 12.5. The van der Waals surface area contributed by atoms with Crippen LogP contribution in [0.1, 0.15) is 51.4 Å². The molecule has 2 atom stereocenters. The molecule has 154 valence electrons. The van der Waals surface area contributed by atoms with E-state index in [4.69, 9.17) is 15.2 Å². The first-order chi connectivity index (χ1) is 11.7. The van der Waals surface area contributed by atoms with Crippen LogP contribution in [-0.2, 0) is 14.3 Å². The second-order valence-corrected chi connectivity index (χ2v) is 7.63. The number of methoxy groups -OCH3 is 1.